The van der Waals surface area contributed by atoms with Gasteiger partial charge in [-0.05, 0) is 43.6 Å². The third-order valence-corrected chi connectivity index (χ3v) is 4.33. The minimum absolute atomic E-state index is 0.0289. The number of aryl methyl sites for hydroxylation is 1. The first-order valence-corrected chi connectivity index (χ1v) is 8.47. The average molecular weight is 304 g/mol. The predicted molar refractivity (Wildman–Crippen MR) is 88.8 cm³/mol. The number of rotatable bonds is 7. The number of hydrogen-bond donors (Lipinski definition) is 2. The van der Waals surface area contributed by atoms with Crippen molar-refractivity contribution in [1.82, 2.24) is 10.2 Å². The highest BCUT2D eigenvalue weighted by Crippen LogP contribution is 2.15. The highest BCUT2D eigenvalue weighted by Gasteiger charge is 2.22. The summed E-state index contributed by atoms with van der Waals surface area (Å²) in [5.41, 5.74) is 1.38. The Balaban J connectivity index is 1.53. The summed E-state index contributed by atoms with van der Waals surface area (Å²) < 4.78 is 0. The molecule has 1 aromatic carbocycles. The molecule has 1 fully saturated rings. The minimum Gasteiger partial charge on any atom is -0.396 e. The number of benzene rings is 1. The summed E-state index contributed by atoms with van der Waals surface area (Å²) in [6.07, 6.45) is 6.45. The van der Waals surface area contributed by atoms with Crippen LogP contribution in [-0.4, -0.2) is 42.3 Å². The highest BCUT2D eigenvalue weighted by atomic mass is 16.3. The second-order valence-corrected chi connectivity index (χ2v) is 6.17. The number of nitrogens with zero attached hydrogens (tertiary/aromatic N) is 1. The lowest BCUT2D eigenvalue weighted by Crippen LogP contribution is -2.46. The first kappa shape index (κ1) is 16.8. The molecule has 2 rings (SSSR count). The standard InChI is InChI=1S/C18H28N2O2/c21-15-17-11-7-13-20(14-17)18(22)19-12-6-2-5-10-16-8-3-1-4-9-16/h1,3-4,8-9,17,21H,2,5-7,10-15H2,(H,19,22). The molecular weight excluding hydrogens is 276 g/mol. The highest BCUT2D eigenvalue weighted by molar-refractivity contribution is 5.74. The predicted octanol–water partition coefficient (Wildman–Crippen LogP) is 2.81. The van der Waals surface area contributed by atoms with Crippen molar-refractivity contribution in [2.45, 2.75) is 38.5 Å². The van der Waals surface area contributed by atoms with Crippen LogP contribution in [0.2, 0.25) is 0 Å². The van der Waals surface area contributed by atoms with E-state index in [0.717, 1.165) is 51.6 Å². The molecule has 0 saturated carbocycles. The van der Waals surface area contributed by atoms with Crippen LogP contribution in [0.3, 0.4) is 0 Å². The molecule has 1 saturated heterocycles. The molecule has 1 aliphatic rings. The van der Waals surface area contributed by atoms with Gasteiger partial charge in [-0.25, -0.2) is 4.79 Å². The number of aliphatic hydroxyl groups excluding tert-OH is 1. The third-order valence-electron chi connectivity index (χ3n) is 4.33. The number of urea groups is 1. The lowest BCUT2D eigenvalue weighted by Gasteiger charge is -2.31. The van der Waals surface area contributed by atoms with Crippen molar-refractivity contribution in [3.05, 3.63) is 35.9 Å². The molecule has 1 aliphatic heterocycles. The minimum atomic E-state index is 0.0289. The summed E-state index contributed by atoms with van der Waals surface area (Å²) in [5, 5.41) is 12.2. The fourth-order valence-corrected chi connectivity index (χ4v) is 2.98. The fraction of sp³-hybridized carbons (Fsp3) is 0.611. The van der Waals surface area contributed by atoms with Gasteiger partial charge in [0.05, 0.1) is 0 Å². The first-order chi connectivity index (χ1) is 10.8. The Labute approximate surface area is 133 Å². The molecule has 1 aromatic rings. The van der Waals surface area contributed by atoms with Crippen molar-refractivity contribution in [3.63, 3.8) is 0 Å². The quantitative estimate of drug-likeness (QED) is 0.761. The average Bonchev–Trinajstić information content (AvgIpc) is 2.58. The van der Waals surface area contributed by atoms with Gasteiger partial charge in [0.2, 0.25) is 0 Å². The summed E-state index contributed by atoms with van der Waals surface area (Å²) in [6.45, 7) is 2.43. The van der Waals surface area contributed by atoms with E-state index in [2.05, 4.69) is 29.6 Å². The van der Waals surface area contributed by atoms with Crippen LogP contribution in [-0.2, 0) is 6.42 Å². The van der Waals surface area contributed by atoms with Crippen molar-refractivity contribution in [3.8, 4) is 0 Å². The molecule has 0 spiro atoms. The lowest BCUT2D eigenvalue weighted by molar-refractivity contribution is 0.129. The van der Waals surface area contributed by atoms with Gasteiger partial charge in [0.15, 0.2) is 0 Å². The normalized spacial score (nSPS) is 18.2. The maximum Gasteiger partial charge on any atom is 0.317 e. The molecule has 1 unspecified atom stereocenters. The number of aliphatic hydroxyl groups is 1. The Bertz CT molecular complexity index is 436. The number of nitrogens with one attached hydrogen (secondary N) is 1. The lowest BCUT2D eigenvalue weighted by atomic mass is 9.99. The molecule has 0 bridgehead atoms. The van der Waals surface area contributed by atoms with Gasteiger partial charge in [-0.3, -0.25) is 0 Å². The van der Waals surface area contributed by atoms with Crippen molar-refractivity contribution in [2.75, 3.05) is 26.2 Å². The van der Waals surface area contributed by atoms with Gasteiger partial charge in [0.1, 0.15) is 0 Å². The maximum absolute atomic E-state index is 12.0. The van der Waals surface area contributed by atoms with E-state index >= 15 is 0 Å². The number of unbranched alkanes of at least 4 members (excludes halogenated alkanes) is 2. The summed E-state index contributed by atoms with van der Waals surface area (Å²) in [6, 6.07) is 10.6. The zero-order valence-electron chi connectivity index (χ0n) is 13.3. The monoisotopic (exact) mass is 304 g/mol. The molecule has 4 heteroatoms. The molecule has 0 aliphatic carbocycles. The Kier molecular flexibility index (Phi) is 7.23. The van der Waals surface area contributed by atoms with E-state index in [1.807, 2.05) is 11.0 Å². The zero-order chi connectivity index (χ0) is 15.6. The van der Waals surface area contributed by atoms with Gasteiger partial charge in [0.25, 0.3) is 0 Å². The fourth-order valence-electron chi connectivity index (χ4n) is 2.98. The largest absolute Gasteiger partial charge is 0.396 e. The van der Waals surface area contributed by atoms with Gasteiger partial charge in [-0.15, -0.1) is 0 Å². The topological polar surface area (TPSA) is 52.6 Å². The van der Waals surface area contributed by atoms with Crippen LogP contribution in [0.4, 0.5) is 4.79 Å². The van der Waals surface area contributed by atoms with Crippen LogP contribution < -0.4 is 5.32 Å². The second kappa shape index (κ2) is 9.46. The molecule has 1 atom stereocenters. The molecule has 2 amide bonds. The van der Waals surface area contributed by atoms with Crippen LogP contribution in [0.25, 0.3) is 0 Å². The van der Waals surface area contributed by atoms with Gasteiger partial charge >= 0.3 is 6.03 Å². The molecule has 2 N–H and O–H groups in total. The van der Waals surface area contributed by atoms with E-state index in [1.54, 1.807) is 0 Å². The molecular formula is C18H28N2O2. The van der Waals surface area contributed by atoms with Crippen LogP contribution in [0, 0.1) is 5.92 Å². The van der Waals surface area contributed by atoms with Crippen molar-refractivity contribution in [1.29, 1.82) is 0 Å². The summed E-state index contributed by atoms with van der Waals surface area (Å²) in [4.78, 5) is 13.9. The summed E-state index contributed by atoms with van der Waals surface area (Å²) in [7, 11) is 0. The van der Waals surface area contributed by atoms with Gasteiger partial charge in [0, 0.05) is 26.2 Å². The van der Waals surface area contributed by atoms with Crippen LogP contribution in [0.15, 0.2) is 30.3 Å². The van der Waals surface area contributed by atoms with Crippen LogP contribution in [0.5, 0.6) is 0 Å². The molecule has 0 radical (unpaired) electrons. The summed E-state index contributed by atoms with van der Waals surface area (Å²) >= 11 is 0. The molecule has 122 valence electrons. The van der Waals surface area contributed by atoms with Crippen molar-refractivity contribution < 1.29 is 9.90 Å². The zero-order valence-corrected chi connectivity index (χ0v) is 13.3. The van der Waals surface area contributed by atoms with E-state index in [0.29, 0.717) is 6.54 Å². The summed E-state index contributed by atoms with van der Waals surface area (Å²) in [5.74, 6) is 0.255. The van der Waals surface area contributed by atoms with E-state index in [1.165, 1.54) is 5.56 Å². The number of carbonyl (C=O) groups excluding carboxylic acids is 1. The first-order valence-electron chi connectivity index (χ1n) is 8.47. The number of likely N-dealkylation sites (tertiary alicyclic amines) is 1. The van der Waals surface area contributed by atoms with Gasteiger partial charge in [-0.2, -0.15) is 0 Å². The molecule has 4 nitrogen and oxygen atoms in total. The second-order valence-electron chi connectivity index (χ2n) is 6.17. The molecule has 22 heavy (non-hydrogen) atoms. The van der Waals surface area contributed by atoms with Crippen molar-refractivity contribution >= 4 is 6.03 Å². The smallest absolute Gasteiger partial charge is 0.317 e. The Morgan fingerprint density at radius 2 is 2.05 bits per heavy atom. The van der Waals surface area contributed by atoms with Crippen molar-refractivity contribution in [2.24, 2.45) is 5.92 Å². The van der Waals surface area contributed by atoms with E-state index in [9.17, 15) is 9.90 Å². The van der Waals surface area contributed by atoms with Crippen LogP contribution in [0.1, 0.15) is 37.7 Å². The number of amides is 2. The third kappa shape index (κ3) is 5.68. The molecule has 1 heterocycles. The van der Waals surface area contributed by atoms with E-state index in [4.69, 9.17) is 0 Å². The van der Waals surface area contributed by atoms with E-state index in [-0.39, 0.29) is 18.6 Å². The van der Waals surface area contributed by atoms with Crippen LogP contribution >= 0.6 is 0 Å². The van der Waals surface area contributed by atoms with Gasteiger partial charge in [-0.1, -0.05) is 36.8 Å². The van der Waals surface area contributed by atoms with Gasteiger partial charge < -0.3 is 15.3 Å². The molecule has 0 aromatic heterocycles. The number of carbonyl (C=O) groups is 1. The Morgan fingerprint density at radius 1 is 1.23 bits per heavy atom. The Hall–Kier alpha value is -1.55. The Morgan fingerprint density at radius 3 is 2.82 bits per heavy atom. The van der Waals surface area contributed by atoms with E-state index < -0.39 is 0 Å². The number of piperidine rings is 1. The number of hydrogen-bond acceptors (Lipinski definition) is 2. The maximum atomic E-state index is 12.0. The SMILES string of the molecule is O=C(NCCCCCc1ccccc1)N1CCCC(CO)C1.